The zero-order valence-corrected chi connectivity index (χ0v) is 19.8. The molecule has 164 valence electrons. The van der Waals surface area contributed by atoms with Gasteiger partial charge in [0.2, 0.25) is 5.75 Å². The summed E-state index contributed by atoms with van der Waals surface area (Å²) in [7, 11) is 3.03. The minimum atomic E-state index is -0.165. The summed E-state index contributed by atoms with van der Waals surface area (Å²) in [4.78, 5) is 0. The van der Waals surface area contributed by atoms with E-state index in [2.05, 4.69) is 66.7 Å². The van der Waals surface area contributed by atoms with Crippen LogP contribution >= 0.6 is 0 Å². The summed E-state index contributed by atoms with van der Waals surface area (Å²) in [6.07, 6.45) is 4.10. The maximum Gasteiger partial charge on any atom is 0.200 e. The van der Waals surface area contributed by atoms with Crippen LogP contribution in [0.5, 0.6) is 23.0 Å². The van der Waals surface area contributed by atoms with E-state index in [1.54, 1.807) is 12.1 Å². The van der Waals surface area contributed by atoms with E-state index in [0.29, 0.717) is 17.2 Å². The number of rotatable bonds is 5. The number of ether oxygens (including phenoxy) is 2. The first-order valence-electron chi connectivity index (χ1n) is 10.3. The predicted molar refractivity (Wildman–Crippen MR) is 124 cm³/mol. The average molecular weight is 413 g/mol. The molecule has 0 aromatic heterocycles. The fraction of sp³-hybridized carbons (Fsp3) is 0.462. The second-order valence-electron chi connectivity index (χ2n) is 9.89. The van der Waals surface area contributed by atoms with Crippen molar-refractivity contribution in [1.29, 1.82) is 0 Å². The molecule has 0 aliphatic carbocycles. The van der Waals surface area contributed by atoms with Crippen LogP contribution in [0.15, 0.2) is 30.3 Å². The molecule has 0 bridgehead atoms. The van der Waals surface area contributed by atoms with E-state index in [0.717, 1.165) is 22.3 Å². The largest absolute Gasteiger partial charge is 0.507 e. The zero-order chi connectivity index (χ0) is 22.9. The molecule has 0 aliphatic heterocycles. The molecule has 4 nitrogen and oxygen atoms in total. The molecule has 1 atom stereocenters. The van der Waals surface area contributed by atoms with Crippen molar-refractivity contribution in [3.05, 3.63) is 52.6 Å². The molecule has 0 radical (unpaired) electrons. The molecule has 2 rings (SSSR count). The monoisotopic (exact) mass is 412 g/mol. The van der Waals surface area contributed by atoms with Gasteiger partial charge in [0.1, 0.15) is 5.75 Å². The summed E-state index contributed by atoms with van der Waals surface area (Å²) in [6.45, 7) is 14.8. The first-order valence-corrected chi connectivity index (χ1v) is 10.3. The minimum Gasteiger partial charge on any atom is -0.507 e. The number of phenolic OH excluding ortho intramolecular Hbond substituents is 2. The SMILES string of the molecule is COc1cc(C=CC(C)c2cc(C(C)(C)C)c(O)c(C(C)(C)C)c2)cc(OC)c1O. The van der Waals surface area contributed by atoms with Crippen LogP contribution in [0.4, 0.5) is 0 Å². The summed E-state index contributed by atoms with van der Waals surface area (Å²) < 4.78 is 10.5. The summed E-state index contributed by atoms with van der Waals surface area (Å²) in [5.74, 6) is 1.25. The third-order valence-electron chi connectivity index (χ3n) is 5.35. The van der Waals surface area contributed by atoms with Gasteiger partial charge < -0.3 is 19.7 Å². The third-order valence-corrected chi connectivity index (χ3v) is 5.35. The number of benzene rings is 2. The number of allylic oxidation sites excluding steroid dienone is 1. The van der Waals surface area contributed by atoms with Crippen LogP contribution in [-0.2, 0) is 10.8 Å². The van der Waals surface area contributed by atoms with E-state index in [-0.39, 0.29) is 22.5 Å². The topological polar surface area (TPSA) is 58.9 Å². The standard InChI is InChI=1S/C26H36O4/c1-16(10-11-17-12-21(29-8)24(28)22(13-17)30-9)18-14-19(25(2,3)4)23(27)20(15-18)26(5,6)7/h10-16,27-28H,1-9H3. The Balaban J connectivity index is 2.50. The second-order valence-corrected chi connectivity index (χ2v) is 9.89. The Hall–Kier alpha value is -2.62. The number of hydrogen-bond donors (Lipinski definition) is 2. The van der Waals surface area contributed by atoms with Gasteiger partial charge in [0.15, 0.2) is 11.5 Å². The van der Waals surface area contributed by atoms with Gasteiger partial charge >= 0.3 is 0 Å². The number of phenols is 2. The van der Waals surface area contributed by atoms with Gasteiger partial charge in [-0.05, 0) is 51.1 Å². The minimum absolute atomic E-state index is 0.00614. The molecule has 2 aromatic rings. The lowest BCUT2D eigenvalue weighted by molar-refractivity contribution is 0.340. The third kappa shape index (κ3) is 5.10. The van der Waals surface area contributed by atoms with Crippen molar-refractivity contribution in [1.82, 2.24) is 0 Å². The Labute approximate surface area is 181 Å². The summed E-state index contributed by atoms with van der Waals surface area (Å²) in [5, 5.41) is 21.1. The number of aromatic hydroxyl groups is 2. The zero-order valence-electron chi connectivity index (χ0n) is 19.8. The van der Waals surface area contributed by atoms with Gasteiger partial charge in [-0.1, -0.05) is 72.8 Å². The lowest BCUT2D eigenvalue weighted by Crippen LogP contribution is -2.18. The van der Waals surface area contributed by atoms with E-state index in [4.69, 9.17) is 9.47 Å². The molecule has 1 unspecified atom stereocenters. The normalized spacial score (nSPS) is 13.5. The molecular formula is C26H36O4. The van der Waals surface area contributed by atoms with Gasteiger partial charge in [-0.25, -0.2) is 0 Å². The molecule has 30 heavy (non-hydrogen) atoms. The van der Waals surface area contributed by atoms with Crippen molar-refractivity contribution >= 4 is 6.08 Å². The number of hydrogen-bond acceptors (Lipinski definition) is 4. The van der Waals surface area contributed by atoms with Crippen molar-refractivity contribution < 1.29 is 19.7 Å². The van der Waals surface area contributed by atoms with E-state index in [1.807, 2.05) is 6.08 Å². The second kappa shape index (κ2) is 8.63. The Morgan fingerprint density at radius 3 is 1.57 bits per heavy atom. The van der Waals surface area contributed by atoms with Gasteiger partial charge in [0.05, 0.1) is 14.2 Å². The molecule has 0 fully saturated rings. The average Bonchev–Trinajstić information content (AvgIpc) is 2.65. The molecular weight excluding hydrogens is 376 g/mol. The van der Waals surface area contributed by atoms with Gasteiger partial charge in [-0.15, -0.1) is 0 Å². The Bertz CT molecular complexity index is 867. The van der Waals surface area contributed by atoms with Crippen molar-refractivity contribution in [2.45, 2.75) is 65.2 Å². The summed E-state index contributed by atoms with van der Waals surface area (Å²) >= 11 is 0. The summed E-state index contributed by atoms with van der Waals surface area (Å²) in [5.41, 5.74) is 3.61. The van der Waals surface area contributed by atoms with Gasteiger partial charge in [0, 0.05) is 0 Å². The highest BCUT2D eigenvalue weighted by molar-refractivity contribution is 5.62. The van der Waals surface area contributed by atoms with Crippen LogP contribution in [0.3, 0.4) is 0 Å². The maximum atomic E-state index is 10.9. The maximum absolute atomic E-state index is 10.9. The van der Waals surface area contributed by atoms with Crippen molar-refractivity contribution in [3.63, 3.8) is 0 Å². The van der Waals surface area contributed by atoms with Crippen LogP contribution < -0.4 is 9.47 Å². The van der Waals surface area contributed by atoms with E-state index in [9.17, 15) is 10.2 Å². The van der Waals surface area contributed by atoms with Crippen LogP contribution in [-0.4, -0.2) is 24.4 Å². The highest BCUT2D eigenvalue weighted by atomic mass is 16.5. The van der Waals surface area contributed by atoms with Gasteiger partial charge in [-0.3, -0.25) is 0 Å². The fourth-order valence-electron chi connectivity index (χ4n) is 3.44. The smallest absolute Gasteiger partial charge is 0.200 e. The molecule has 0 heterocycles. The van der Waals surface area contributed by atoms with Crippen LogP contribution in [0, 0.1) is 0 Å². The molecule has 4 heteroatoms. The first kappa shape index (κ1) is 23.7. The number of methoxy groups -OCH3 is 2. The Kier molecular flexibility index (Phi) is 6.80. The first-order chi connectivity index (χ1) is 13.8. The lowest BCUT2D eigenvalue weighted by Gasteiger charge is -2.29. The van der Waals surface area contributed by atoms with Crippen LogP contribution in [0.2, 0.25) is 0 Å². The summed E-state index contributed by atoms with van der Waals surface area (Å²) in [6, 6.07) is 7.77. The molecule has 0 amide bonds. The molecule has 2 N–H and O–H groups in total. The predicted octanol–water partition coefficient (Wildman–Crippen LogP) is 6.53. The van der Waals surface area contributed by atoms with Gasteiger partial charge in [-0.2, -0.15) is 0 Å². The van der Waals surface area contributed by atoms with Crippen LogP contribution in [0.25, 0.3) is 6.08 Å². The van der Waals surface area contributed by atoms with E-state index in [1.165, 1.54) is 14.2 Å². The Morgan fingerprint density at radius 1 is 0.767 bits per heavy atom. The molecule has 0 saturated heterocycles. The highest BCUT2D eigenvalue weighted by Crippen LogP contribution is 2.42. The molecule has 0 saturated carbocycles. The molecule has 2 aromatic carbocycles. The van der Waals surface area contributed by atoms with Crippen molar-refractivity contribution in [2.24, 2.45) is 0 Å². The van der Waals surface area contributed by atoms with Gasteiger partial charge in [0.25, 0.3) is 0 Å². The van der Waals surface area contributed by atoms with E-state index < -0.39 is 0 Å². The molecule has 0 aliphatic rings. The lowest BCUT2D eigenvalue weighted by atomic mass is 9.77. The Morgan fingerprint density at radius 2 is 1.20 bits per heavy atom. The van der Waals surface area contributed by atoms with E-state index >= 15 is 0 Å². The molecule has 0 spiro atoms. The van der Waals surface area contributed by atoms with Crippen molar-refractivity contribution in [3.8, 4) is 23.0 Å². The van der Waals surface area contributed by atoms with Crippen molar-refractivity contribution in [2.75, 3.05) is 14.2 Å². The fourth-order valence-corrected chi connectivity index (χ4v) is 3.44. The highest BCUT2D eigenvalue weighted by Gasteiger charge is 2.27. The van der Waals surface area contributed by atoms with Crippen LogP contribution in [0.1, 0.15) is 76.6 Å². The quantitative estimate of drug-likeness (QED) is 0.586.